The van der Waals surface area contributed by atoms with Crippen molar-refractivity contribution >= 4 is 39.5 Å². The van der Waals surface area contributed by atoms with Crippen LogP contribution in [0.4, 0.5) is 5.69 Å². The molecule has 0 fully saturated rings. The number of nitrogens with one attached hydrogen (secondary N) is 2. The standard InChI is InChI=1S/C21H16BrN3O2/c22-17-8-10-18(11-9-17)24-21(27)19(13-15-5-4-12-23-14-15)25-20(26)16-6-2-1-3-7-16/h1-14H,(H,24,27)(H,25,26). The van der Waals surface area contributed by atoms with Crippen molar-refractivity contribution in [3.05, 3.63) is 100 Å². The van der Waals surface area contributed by atoms with E-state index >= 15 is 0 Å². The predicted octanol–water partition coefficient (Wildman–Crippen LogP) is 4.25. The molecule has 5 nitrogen and oxygen atoms in total. The van der Waals surface area contributed by atoms with Gasteiger partial charge >= 0.3 is 0 Å². The van der Waals surface area contributed by atoms with Crippen molar-refractivity contribution in [1.29, 1.82) is 0 Å². The van der Waals surface area contributed by atoms with E-state index in [0.717, 1.165) is 4.47 Å². The van der Waals surface area contributed by atoms with Gasteiger partial charge in [-0.2, -0.15) is 0 Å². The van der Waals surface area contributed by atoms with Crippen LogP contribution in [0.25, 0.3) is 6.08 Å². The summed E-state index contributed by atoms with van der Waals surface area (Å²) in [7, 11) is 0. The molecule has 0 bridgehead atoms. The van der Waals surface area contributed by atoms with E-state index in [1.165, 1.54) is 0 Å². The number of carbonyl (C=O) groups excluding carboxylic acids is 2. The molecule has 1 heterocycles. The fraction of sp³-hybridized carbons (Fsp3) is 0. The monoisotopic (exact) mass is 421 g/mol. The number of carbonyl (C=O) groups is 2. The molecule has 0 saturated heterocycles. The number of pyridine rings is 1. The van der Waals surface area contributed by atoms with Gasteiger partial charge in [-0.05, 0) is 54.1 Å². The fourth-order valence-electron chi connectivity index (χ4n) is 2.30. The highest BCUT2D eigenvalue weighted by Crippen LogP contribution is 2.15. The summed E-state index contributed by atoms with van der Waals surface area (Å²) in [5.41, 5.74) is 1.91. The first-order valence-corrected chi connectivity index (χ1v) is 8.96. The number of hydrogen-bond donors (Lipinski definition) is 2. The molecule has 27 heavy (non-hydrogen) atoms. The first-order valence-electron chi connectivity index (χ1n) is 8.17. The Morgan fingerprint density at radius 2 is 1.67 bits per heavy atom. The Hall–Kier alpha value is -3.25. The molecule has 134 valence electrons. The first kappa shape index (κ1) is 18.5. The smallest absolute Gasteiger partial charge is 0.272 e. The Bertz CT molecular complexity index is 956. The first-order chi connectivity index (χ1) is 13.1. The maximum absolute atomic E-state index is 12.7. The predicted molar refractivity (Wildman–Crippen MR) is 109 cm³/mol. The van der Waals surface area contributed by atoms with Gasteiger partial charge in [0.05, 0.1) is 0 Å². The normalized spacial score (nSPS) is 10.9. The summed E-state index contributed by atoms with van der Waals surface area (Å²) in [5.74, 6) is -0.790. The second-order valence-corrected chi connectivity index (χ2v) is 6.54. The van der Waals surface area contributed by atoms with E-state index in [4.69, 9.17) is 0 Å². The lowest BCUT2D eigenvalue weighted by Gasteiger charge is -2.11. The van der Waals surface area contributed by atoms with Crippen LogP contribution in [0.2, 0.25) is 0 Å². The van der Waals surface area contributed by atoms with Crippen molar-refractivity contribution in [1.82, 2.24) is 10.3 Å². The Balaban J connectivity index is 1.85. The van der Waals surface area contributed by atoms with Gasteiger partial charge in [0, 0.05) is 28.1 Å². The topological polar surface area (TPSA) is 71.1 Å². The van der Waals surface area contributed by atoms with Crippen molar-refractivity contribution in [2.45, 2.75) is 0 Å². The maximum Gasteiger partial charge on any atom is 0.272 e. The zero-order valence-electron chi connectivity index (χ0n) is 14.2. The van der Waals surface area contributed by atoms with Crippen LogP contribution in [-0.4, -0.2) is 16.8 Å². The Labute approximate surface area is 165 Å². The summed E-state index contributed by atoms with van der Waals surface area (Å²) in [4.78, 5) is 29.3. The van der Waals surface area contributed by atoms with Crippen LogP contribution in [0, 0.1) is 0 Å². The molecular formula is C21H16BrN3O2. The molecule has 0 aliphatic heterocycles. The molecule has 1 aromatic heterocycles. The average Bonchev–Trinajstić information content (AvgIpc) is 2.70. The quantitative estimate of drug-likeness (QED) is 0.604. The Morgan fingerprint density at radius 1 is 0.926 bits per heavy atom. The third-order valence-corrected chi connectivity index (χ3v) is 4.15. The van der Waals surface area contributed by atoms with Crippen LogP contribution in [0.5, 0.6) is 0 Å². The minimum absolute atomic E-state index is 0.125. The van der Waals surface area contributed by atoms with Gasteiger partial charge in [0.15, 0.2) is 0 Å². The van der Waals surface area contributed by atoms with Crippen LogP contribution >= 0.6 is 15.9 Å². The third-order valence-electron chi connectivity index (χ3n) is 3.63. The van der Waals surface area contributed by atoms with Crippen LogP contribution < -0.4 is 10.6 Å². The van der Waals surface area contributed by atoms with Crippen molar-refractivity contribution in [3.8, 4) is 0 Å². The lowest BCUT2D eigenvalue weighted by Crippen LogP contribution is -2.30. The molecule has 3 aromatic rings. The molecule has 0 atom stereocenters. The molecule has 2 aromatic carbocycles. The highest BCUT2D eigenvalue weighted by Gasteiger charge is 2.15. The highest BCUT2D eigenvalue weighted by molar-refractivity contribution is 9.10. The summed E-state index contributed by atoms with van der Waals surface area (Å²) < 4.78 is 0.906. The van der Waals surface area contributed by atoms with Gasteiger partial charge in [-0.3, -0.25) is 14.6 Å². The molecule has 2 N–H and O–H groups in total. The molecule has 0 unspecified atom stereocenters. The SMILES string of the molecule is O=C(Nc1ccc(Br)cc1)C(=Cc1cccnc1)NC(=O)c1ccccc1. The van der Waals surface area contributed by atoms with Crippen molar-refractivity contribution < 1.29 is 9.59 Å². The minimum Gasteiger partial charge on any atom is -0.321 e. The number of nitrogens with zero attached hydrogens (tertiary/aromatic N) is 1. The van der Waals surface area contributed by atoms with Crippen LogP contribution in [-0.2, 0) is 4.79 Å². The number of halogens is 1. The molecule has 0 aliphatic rings. The van der Waals surface area contributed by atoms with E-state index in [-0.39, 0.29) is 11.6 Å². The van der Waals surface area contributed by atoms with Gasteiger partial charge in [-0.15, -0.1) is 0 Å². The summed E-state index contributed by atoms with van der Waals surface area (Å²) in [5, 5.41) is 5.47. The van der Waals surface area contributed by atoms with E-state index in [2.05, 4.69) is 31.5 Å². The second-order valence-electron chi connectivity index (χ2n) is 5.63. The summed E-state index contributed by atoms with van der Waals surface area (Å²) in [6.45, 7) is 0. The molecule has 3 rings (SSSR count). The molecule has 0 saturated carbocycles. The second kappa shape index (κ2) is 8.91. The highest BCUT2D eigenvalue weighted by atomic mass is 79.9. The molecule has 0 spiro atoms. The van der Waals surface area contributed by atoms with Crippen molar-refractivity contribution in [3.63, 3.8) is 0 Å². The number of rotatable bonds is 5. The molecule has 2 amide bonds. The van der Waals surface area contributed by atoms with Gasteiger partial charge < -0.3 is 10.6 Å². The van der Waals surface area contributed by atoms with E-state index in [0.29, 0.717) is 16.8 Å². The van der Waals surface area contributed by atoms with Crippen LogP contribution in [0.3, 0.4) is 0 Å². The molecule has 6 heteroatoms. The van der Waals surface area contributed by atoms with E-state index in [9.17, 15) is 9.59 Å². The largest absolute Gasteiger partial charge is 0.321 e. The summed E-state index contributed by atoms with van der Waals surface area (Å²) >= 11 is 3.36. The van der Waals surface area contributed by atoms with E-state index in [1.807, 2.05) is 18.2 Å². The van der Waals surface area contributed by atoms with E-state index in [1.54, 1.807) is 67.0 Å². The molecule has 0 aliphatic carbocycles. The third kappa shape index (κ3) is 5.36. The number of hydrogen-bond acceptors (Lipinski definition) is 3. The minimum atomic E-state index is -0.426. The van der Waals surface area contributed by atoms with Gasteiger partial charge in [-0.1, -0.05) is 40.2 Å². The van der Waals surface area contributed by atoms with Crippen molar-refractivity contribution in [2.24, 2.45) is 0 Å². The van der Waals surface area contributed by atoms with Gasteiger partial charge in [0.25, 0.3) is 11.8 Å². The Morgan fingerprint density at radius 3 is 2.33 bits per heavy atom. The lowest BCUT2D eigenvalue weighted by atomic mass is 10.2. The van der Waals surface area contributed by atoms with Gasteiger partial charge in [0.1, 0.15) is 5.70 Å². The average molecular weight is 422 g/mol. The molecular weight excluding hydrogens is 406 g/mol. The Kier molecular flexibility index (Phi) is 6.12. The zero-order chi connectivity index (χ0) is 19.1. The van der Waals surface area contributed by atoms with Crippen molar-refractivity contribution in [2.75, 3.05) is 5.32 Å². The number of amides is 2. The number of aromatic nitrogens is 1. The summed E-state index contributed by atoms with van der Waals surface area (Å²) in [6, 6.07) is 19.5. The lowest BCUT2D eigenvalue weighted by molar-refractivity contribution is -0.113. The number of benzene rings is 2. The van der Waals surface area contributed by atoms with Crippen LogP contribution in [0.15, 0.2) is 89.3 Å². The van der Waals surface area contributed by atoms with Crippen LogP contribution in [0.1, 0.15) is 15.9 Å². The van der Waals surface area contributed by atoms with Gasteiger partial charge in [-0.25, -0.2) is 0 Å². The summed E-state index contributed by atoms with van der Waals surface area (Å²) in [6.07, 6.45) is 4.84. The fourth-order valence-corrected chi connectivity index (χ4v) is 2.57. The molecule has 0 radical (unpaired) electrons. The van der Waals surface area contributed by atoms with Gasteiger partial charge in [0.2, 0.25) is 0 Å². The zero-order valence-corrected chi connectivity index (χ0v) is 15.8. The maximum atomic E-state index is 12.7. The van der Waals surface area contributed by atoms with E-state index < -0.39 is 5.91 Å². The number of anilines is 1.